The van der Waals surface area contributed by atoms with Gasteiger partial charge in [0.2, 0.25) is 0 Å². The maximum atomic E-state index is 12.1. The number of benzene rings is 2. The normalized spacial score (nSPS) is 11.0. The second-order valence-electron chi connectivity index (χ2n) is 5.69. The molecule has 1 heterocycles. The number of hydrogen-bond donors (Lipinski definition) is 0. The Hall–Kier alpha value is -3.18. The highest BCUT2D eigenvalue weighted by atomic mass is 35.5. The van der Waals surface area contributed by atoms with Crippen LogP contribution in [0.25, 0.3) is 17.4 Å². The van der Waals surface area contributed by atoms with Crippen LogP contribution in [0.2, 0.25) is 5.02 Å². The van der Waals surface area contributed by atoms with Crippen LogP contribution < -0.4 is 0 Å². The van der Waals surface area contributed by atoms with Crippen LogP contribution in [0.1, 0.15) is 21.7 Å². The quantitative estimate of drug-likeness (QED) is 0.250. The number of ketones is 1. The number of non-ortho nitro benzene ring substituents is 1. The fraction of sp³-hybridized carbons (Fsp3) is 0.0500. The molecule has 0 fully saturated rings. The summed E-state index contributed by atoms with van der Waals surface area (Å²) in [5.41, 5.74) is 2.13. The number of furan rings is 1. The first-order valence-corrected chi connectivity index (χ1v) is 8.15. The third-order valence-corrected chi connectivity index (χ3v) is 4.10. The zero-order chi connectivity index (χ0) is 18.7. The number of hydrogen-bond acceptors (Lipinski definition) is 4. The molecule has 0 atom stereocenters. The van der Waals surface area contributed by atoms with Crippen LogP contribution in [0.4, 0.5) is 5.69 Å². The zero-order valence-electron chi connectivity index (χ0n) is 13.8. The number of carbonyl (C=O) groups is 1. The zero-order valence-corrected chi connectivity index (χ0v) is 14.6. The summed E-state index contributed by atoms with van der Waals surface area (Å²) in [4.78, 5) is 22.4. The molecule has 0 N–H and O–H groups in total. The Morgan fingerprint density at radius 3 is 2.50 bits per heavy atom. The molecule has 26 heavy (non-hydrogen) atoms. The predicted octanol–water partition coefficient (Wildman–Crippen LogP) is 5.71. The molecular weight excluding hydrogens is 354 g/mol. The molecule has 3 rings (SSSR count). The monoisotopic (exact) mass is 367 g/mol. The van der Waals surface area contributed by atoms with Crippen molar-refractivity contribution in [2.75, 3.05) is 0 Å². The third kappa shape index (κ3) is 3.90. The van der Waals surface area contributed by atoms with Crippen molar-refractivity contribution >= 4 is 29.1 Å². The van der Waals surface area contributed by atoms with E-state index in [0.717, 1.165) is 5.56 Å². The van der Waals surface area contributed by atoms with E-state index in [4.69, 9.17) is 16.0 Å². The number of nitrogens with zero attached hydrogens (tertiary/aromatic N) is 1. The molecule has 1 aromatic heterocycles. The minimum absolute atomic E-state index is 0.0888. The number of nitro groups is 1. The van der Waals surface area contributed by atoms with Gasteiger partial charge in [-0.05, 0) is 37.3 Å². The van der Waals surface area contributed by atoms with E-state index in [1.165, 1.54) is 24.3 Å². The second kappa shape index (κ2) is 7.37. The van der Waals surface area contributed by atoms with Crippen molar-refractivity contribution in [2.24, 2.45) is 0 Å². The third-order valence-electron chi connectivity index (χ3n) is 3.79. The van der Waals surface area contributed by atoms with E-state index in [-0.39, 0.29) is 16.5 Å². The molecule has 6 heteroatoms. The van der Waals surface area contributed by atoms with Crippen LogP contribution in [-0.2, 0) is 0 Å². The predicted molar refractivity (Wildman–Crippen MR) is 100 cm³/mol. The molecule has 0 aliphatic carbocycles. The standard InChI is InChI=1S/C20H14ClNO4/c1-13-2-4-14(5-3-13)19(23)10-7-16-8-11-20(26-16)17-9-6-15(22(24)25)12-18(17)21/h2-12H,1H3/b10-7+. The number of rotatable bonds is 5. The van der Waals surface area contributed by atoms with E-state index in [9.17, 15) is 14.9 Å². The van der Waals surface area contributed by atoms with Crippen molar-refractivity contribution in [3.05, 3.63) is 92.7 Å². The van der Waals surface area contributed by atoms with Crippen molar-refractivity contribution < 1.29 is 14.1 Å². The highest BCUT2D eigenvalue weighted by Crippen LogP contribution is 2.32. The Labute approximate surface area is 154 Å². The van der Waals surface area contributed by atoms with Crippen LogP contribution in [0, 0.1) is 17.0 Å². The molecule has 0 bridgehead atoms. The molecule has 0 saturated carbocycles. The van der Waals surface area contributed by atoms with Crippen LogP contribution in [0.15, 0.2) is 65.1 Å². The minimum atomic E-state index is -0.511. The summed E-state index contributed by atoms with van der Waals surface area (Å²) in [6, 6.07) is 14.9. The Kier molecular flexibility index (Phi) is 5.00. The van der Waals surface area contributed by atoms with E-state index >= 15 is 0 Å². The van der Waals surface area contributed by atoms with Gasteiger partial charge in [0.05, 0.1) is 9.95 Å². The molecule has 0 unspecified atom stereocenters. The highest BCUT2D eigenvalue weighted by molar-refractivity contribution is 6.33. The van der Waals surface area contributed by atoms with Gasteiger partial charge in [-0.3, -0.25) is 14.9 Å². The van der Waals surface area contributed by atoms with Crippen molar-refractivity contribution in [3.8, 4) is 11.3 Å². The molecule has 5 nitrogen and oxygen atoms in total. The summed E-state index contributed by atoms with van der Waals surface area (Å²) in [5, 5.41) is 11.0. The lowest BCUT2D eigenvalue weighted by Gasteiger charge is -2.00. The lowest BCUT2D eigenvalue weighted by molar-refractivity contribution is -0.384. The SMILES string of the molecule is Cc1ccc(C(=O)/C=C/c2ccc(-c3ccc([N+](=O)[O-])cc3Cl)o2)cc1. The van der Waals surface area contributed by atoms with Crippen molar-refractivity contribution in [2.45, 2.75) is 6.92 Å². The van der Waals surface area contributed by atoms with Gasteiger partial charge < -0.3 is 4.42 Å². The Balaban J connectivity index is 1.78. The van der Waals surface area contributed by atoms with Crippen LogP contribution in [-0.4, -0.2) is 10.7 Å². The van der Waals surface area contributed by atoms with Gasteiger partial charge in [-0.15, -0.1) is 0 Å². The number of aryl methyl sites for hydroxylation is 1. The van der Waals surface area contributed by atoms with E-state index in [1.807, 2.05) is 19.1 Å². The van der Waals surface area contributed by atoms with E-state index in [1.54, 1.807) is 30.3 Å². The van der Waals surface area contributed by atoms with Crippen molar-refractivity contribution in [1.29, 1.82) is 0 Å². The van der Waals surface area contributed by atoms with E-state index < -0.39 is 4.92 Å². The largest absolute Gasteiger partial charge is 0.457 e. The average molecular weight is 368 g/mol. The minimum Gasteiger partial charge on any atom is -0.457 e. The number of carbonyl (C=O) groups excluding carboxylic acids is 1. The molecule has 0 aliphatic rings. The Morgan fingerprint density at radius 1 is 1.12 bits per heavy atom. The molecular formula is C20H14ClNO4. The molecule has 0 saturated heterocycles. The molecule has 0 amide bonds. The van der Waals surface area contributed by atoms with Gasteiger partial charge in [0.15, 0.2) is 5.78 Å². The van der Waals surface area contributed by atoms with E-state index in [2.05, 4.69) is 0 Å². The second-order valence-corrected chi connectivity index (χ2v) is 6.09. The first-order valence-electron chi connectivity index (χ1n) is 7.77. The van der Waals surface area contributed by atoms with Crippen LogP contribution in [0.3, 0.4) is 0 Å². The molecule has 0 radical (unpaired) electrons. The molecule has 130 valence electrons. The van der Waals surface area contributed by atoms with Crippen LogP contribution >= 0.6 is 11.6 Å². The van der Waals surface area contributed by atoms with Gasteiger partial charge in [-0.25, -0.2) is 0 Å². The van der Waals surface area contributed by atoms with E-state index in [0.29, 0.717) is 22.6 Å². The maximum Gasteiger partial charge on any atom is 0.270 e. The topological polar surface area (TPSA) is 73.3 Å². The lowest BCUT2D eigenvalue weighted by atomic mass is 10.1. The van der Waals surface area contributed by atoms with Gasteiger partial charge in [-0.2, -0.15) is 0 Å². The summed E-state index contributed by atoms with van der Waals surface area (Å²) in [5.74, 6) is 0.818. The first kappa shape index (κ1) is 17.6. The van der Waals surface area contributed by atoms with Crippen LogP contribution in [0.5, 0.6) is 0 Å². The number of nitro benzene ring substituents is 1. The number of allylic oxidation sites excluding steroid dienone is 1. The van der Waals surface area contributed by atoms with Crippen molar-refractivity contribution in [3.63, 3.8) is 0 Å². The fourth-order valence-corrected chi connectivity index (χ4v) is 2.64. The smallest absolute Gasteiger partial charge is 0.270 e. The Bertz CT molecular complexity index is 1000. The molecule has 0 aliphatic heterocycles. The molecule has 2 aromatic carbocycles. The summed E-state index contributed by atoms with van der Waals surface area (Å²) in [6.45, 7) is 1.96. The van der Waals surface area contributed by atoms with Crippen molar-refractivity contribution in [1.82, 2.24) is 0 Å². The molecule has 3 aromatic rings. The summed E-state index contributed by atoms with van der Waals surface area (Å²) >= 11 is 6.10. The van der Waals surface area contributed by atoms with Gasteiger partial charge in [0.1, 0.15) is 11.5 Å². The highest BCUT2D eigenvalue weighted by Gasteiger charge is 2.13. The number of halogens is 1. The fourth-order valence-electron chi connectivity index (χ4n) is 2.38. The average Bonchev–Trinajstić information content (AvgIpc) is 3.08. The molecule has 0 spiro atoms. The summed E-state index contributed by atoms with van der Waals surface area (Å²) < 4.78 is 5.66. The van der Waals surface area contributed by atoms with Gasteiger partial charge in [-0.1, -0.05) is 41.4 Å². The Morgan fingerprint density at radius 2 is 1.85 bits per heavy atom. The van der Waals surface area contributed by atoms with Gasteiger partial charge in [0, 0.05) is 23.3 Å². The summed E-state index contributed by atoms with van der Waals surface area (Å²) in [7, 11) is 0. The lowest BCUT2D eigenvalue weighted by Crippen LogP contribution is -1.93. The van der Waals surface area contributed by atoms with Gasteiger partial charge >= 0.3 is 0 Å². The maximum absolute atomic E-state index is 12.1. The van der Waals surface area contributed by atoms with Gasteiger partial charge in [0.25, 0.3) is 5.69 Å². The summed E-state index contributed by atoms with van der Waals surface area (Å²) in [6.07, 6.45) is 3.01. The first-order chi connectivity index (χ1) is 12.4.